The lowest BCUT2D eigenvalue weighted by atomic mass is 9.94. The number of anilines is 1. The van der Waals surface area contributed by atoms with Crippen LogP contribution in [0.4, 0.5) is 5.69 Å². The van der Waals surface area contributed by atoms with E-state index in [2.05, 4.69) is 60.8 Å². The zero-order chi connectivity index (χ0) is 19.3. The number of carbonyl (C=O) groups excluding carboxylic acids is 1. The first kappa shape index (κ1) is 20.2. The number of hydrogen-bond acceptors (Lipinski definition) is 2. The summed E-state index contributed by atoms with van der Waals surface area (Å²) >= 11 is 0. The van der Waals surface area contributed by atoms with Gasteiger partial charge in [-0.05, 0) is 25.8 Å². The van der Waals surface area contributed by atoms with Gasteiger partial charge in [-0.25, -0.2) is 0 Å². The molecule has 1 amide bonds. The second-order valence-corrected chi connectivity index (χ2v) is 7.42. The lowest BCUT2D eigenvalue weighted by Gasteiger charge is -2.20. The Morgan fingerprint density at radius 1 is 1.23 bits per heavy atom. The summed E-state index contributed by atoms with van der Waals surface area (Å²) in [5, 5.41) is 9.50. The van der Waals surface area contributed by atoms with Crippen molar-refractivity contribution in [1.29, 1.82) is 0 Å². The summed E-state index contributed by atoms with van der Waals surface area (Å²) < 4.78 is 1.80. The van der Waals surface area contributed by atoms with Crippen LogP contribution in [0.3, 0.4) is 0 Å². The maximum Gasteiger partial charge on any atom is 0.279 e. The molecule has 0 unspecified atom stereocenters. The molecule has 0 bridgehead atoms. The summed E-state index contributed by atoms with van der Waals surface area (Å²) in [6.45, 7) is 10.9. The smallest absolute Gasteiger partial charge is 0.279 e. The van der Waals surface area contributed by atoms with Crippen LogP contribution in [0, 0.1) is 19.8 Å². The Bertz CT molecular complexity index is 731. The molecule has 0 aliphatic heterocycles. The van der Waals surface area contributed by atoms with E-state index in [1.54, 1.807) is 4.68 Å². The quantitative estimate of drug-likeness (QED) is 0.763. The van der Waals surface area contributed by atoms with E-state index in [1.165, 1.54) is 11.1 Å². The van der Waals surface area contributed by atoms with Gasteiger partial charge >= 0.3 is 0 Å². The molecule has 1 heterocycles. The number of nitrogens with one attached hydrogen (secondary N) is 1. The first-order valence-corrected chi connectivity index (χ1v) is 9.55. The zero-order valence-corrected chi connectivity index (χ0v) is 17.0. The van der Waals surface area contributed by atoms with Gasteiger partial charge < -0.3 is 10.6 Å². The molecule has 0 aliphatic carbocycles. The number of aromatic nitrogens is 2. The SMILES string of the molecule is CCCc1ccc([C@@H]([NH2+]CC(=O)Nc2c(C)nn(C)c2C)C(C)C)cc1. The van der Waals surface area contributed by atoms with Gasteiger partial charge in [-0.15, -0.1) is 0 Å². The molecule has 1 aromatic carbocycles. The molecule has 5 heteroatoms. The minimum Gasteiger partial charge on any atom is -0.332 e. The number of aryl methyl sites for hydroxylation is 3. The Morgan fingerprint density at radius 3 is 2.38 bits per heavy atom. The Balaban J connectivity index is 2.00. The largest absolute Gasteiger partial charge is 0.332 e. The average molecular weight is 358 g/mol. The molecule has 26 heavy (non-hydrogen) atoms. The number of nitrogens with zero attached hydrogens (tertiary/aromatic N) is 2. The number of hydrogen-bond donors (Lipinski definition) is 2. The highest BCUT2D eigenvalue weighted by Crippen LogP contribution is 2.19. The maximum absolute atomic E-state index is 12.4. The molecule has 3 N–H and O–H groups in total. The van der Waals surface area contributed by atoms with Gasteiger partial charge in [0.2, 0.25) is 0 Å². The summed E-state index contributed by atoms with van der Waals surface area (Å²) in [7, 11) is 1.89. The number of quaternary nitrogens is 1. The minimum atomic E-state index is 0.0115. The fourth-order valence-electron chi connectivity index (χ4n) is 3.37. The molecule has 0 aliphatic rings. The summed E-state index contributed by atoms with van der Waals surface area (Å²) in [4.78, 5) is 12.4. The van der Waals surface area contributed by atoms with E-state index in [4.69, 9.17) is 0 Å². The van der Waals surface area contributed by atoms with E-state index >= 15 is 0 Å². The number of amides is 1. The number of rotatable bonds is 8. The van der Waals surface area contributed by atoms with Crippen molar-refractivity contribution < 1.29 is 10.1 Å². The molecule has 0 radical (unpaired) electrons. The second kappa shape index (κ2) is 8.99. The molecule has 1 aromatic heterocycles. The van der Waals surface area contributed by atoms with Gasteiger partial charge in [0.05, 0.1) is 17.1 Å². The van der Waals surface area contributed by atoms with Gasteiger partial charge in [0.1, 0.15) is 6.04 Å². The van der Waals surface area contributed by atoms with Gasteiger partial charge in [-0.1, -0.05) is 51.5 Å². The van der Waals surface area contributed by atoms with E-state index in [1.807, 2.05) is 20.9 Å². The lowest BCUT2D eigenvalue weighted by molar-refractivity contribution is -0.692. The number of carbonyl (C=O) groups is 1. The highest BCUT2D eigenvalue weighted by molar-refractivity contribution is 5.92. The highest BCUT2D eigenvalue weighted by Gasteiger charge is 2.21. The predicted molar refractivity (Wildman–Crippen MR) is 106 cm³/mol. The van der Waals surface area contributed by atoms with Crippen molar-refractivity contribution in [3.05, 3.63) is 46.8 Å². The first-order valence-electron chi connectivity index (χ1n) is 9.55. The third-order valence-corrected chi connectivity index (χ3v) is 4.95. The van der Waals surface area contributed by atoms with E-state index < -0.39 is 0 Å². The zero-order valence-electron chi connectivity index (χ0n) is 17.0. The summed E-state index contributed by atoms with van der Waals surface area (Å²) in [6.07, 6.45) is 2.27. The van der Waals surface area contributed by atoms with Gasteiger partial charge in [0, 0.05) is 18.5 Å². The van der Waals surface area contributed by atoms with E-state index in [0.717, 1.165) is 29.9 Å². The van der Waals surface area contributed by atoms with Crippen molar-refractivity contribution in [2.24, 2.45) is 13.0 Å². The van der Waals surface area contributed by atoms with Crippen molar-refractivity contribution in [3.8, 4) is 0 Å². The summed E-state index contributed by atoms with van der Waals surface area (Å²) in [5.41, 5.74) is 5.31. The van der Waals surface area contributed by atoms with Gasteiger partial charge in [0.15, 0.2) is 6.54 Å². The van der Waals surface area contributed by atoms with E-state index in [-0.39, 0.29) is 11.9 Å². The molecule has 1 atom stereocenters. The first-order chi connectivity index (χ1) is 12.3. The molecular formula is C21H33N4O+. The van der Waals surface area contributed by atoms with Crippen LogP contribution < -0.4 is 10.6 Å². The van der Waals surface area contributed by atoms with Crippen LogP contribution in [-0.4, -0.2) is 22.2 Å². The standard InChI is InChI=1S/C21H32N4O/c1-7-8-17-9-11-18(12-10-17)20(14(2)3)22-13-19(26)23-21-15(4)24-25(6)16(21)5/h9-12,14,20,22H,7-8,13H2,1-6H3,(H,23,26)/p+1/t20-/m0/s1. The van der Waals surface area contributed by atoms with E-state index in [9.17, 15) is 4.79 Å². The van der Waals surface area contributed by atoms with Crippen LogP contribution in [0.2, 0.25) is 0 Å². The molecule has 0 fully saturated rings. The molecule has 0 saturated heterocycles. The number of nitrogens with two attached hydrogens (primary N) is 1. The van der Waals surface area contributed by atoms with Gasteiger partial charge in [-0.2, -0.15) is 5.10 Å². The Kier molecular flexibility index (Phi) is 6.98. The van der Waals surface area contributed by atoms with Crippen LogP contribution >= 0.6 is 0 Å². The normalized spacial score (nSPS) is 12.4. The minimum absolute atomic E-state index is 0.0115. The van der Waals surface area contributed by atoms with Crippen LogP contribution in [-0.2, 0) is 18.3 Å². The Morgan fingerprint density at radius 2 is 1.88 bits per heavy atom. The Labute approximate surface area is 157 Å². The monoisotopic (exact) mass is 357 g/mol. The molecular weight excluding hydrogens is 324 g/mol. The lowest BCUT2D eigenvalue weighted by Crippen LogP contribution is -2.88. The molecule has 0 saturated carbocycles. The highest BCUT2D eigenvalue weighted by atomic mass is 16.1. The molecule has 5 nitrogen and oxygen atoms in total. The van der Waals surface area contributed by atoms with Crippen LogP contribution in [0.25, 0.3) is 0 Å². The molecule has 142 valence electrons. The summed E-state index contributed by atoms with van der Waals surface area (Å²) in [5.74, 6) is 0.458. The summed E-state index contributed by atoms with van der Waals surface area (Å²) in [6, 6.07) is 9.11. The molecule has 2 rings (SSSR count). The maximum atomic E-state index is 12.4. The molecule has 2 aromatic rings. The third-order valence-electron chi connectivity index (χ3n) is 4.95. The van der Waals surface area contributed by atoms with Crippen molar-refractivity contribution in [1.82, 2.24) is 9.78 Å². The van der Waals surface area contributed by atoms with Crippen LogP contribution in [0.1, 0.15) is 55.7 Å². The van der Waals surface area contributed by atoms with E-state index in [0.29, 0.717) is 12.5 Å². The second-order valence-electron chi connectivity index (χ2n) is 7.42. The third kappa shape index (κ3) is 4.94. The van der Waals surface area contributed by atoms with Crippen LogP contribution in [0.15, 0.2) is 24.3 Å². The topological polar surface area (TPSA) is 63.5 Å². The fourth-order valence-corrected chi connectivity index (χ4v) is 3.37. The van der Waals surface area contributed by atoms with Crippen LogP contribution in [0.5, 0.6) is 0 Å². The average Bonchev–Trinajstić information content (AvgIpc) is 2.83. The van der Waals surface area contributed by atoms with Gasteiger partial charge in [0.25, 0.3) is 5.91 Å². The van der Waals surface area contributed by atoms with Crippen molar-refractivity contribution in [2.45, 2.75) is 53.5 Å². The number of benzene rings is 1. The van der Waals surface area contributed by atoms with Crippen molar-refractivity contribution in [2.75, 3.05) is 11.9 Å². The predicted octanol–water partition coefficient (Wildman–Crippen LogP) is 2.89. The van der Waals surface area contributed by atoms with Crippen molar-refractivity contribution >= 4 is 11.6 Å². The fraction of sp³-hybridized carbons (Fsp3) is 0.524. The Hall–Kier alpha value is -2.14. The van der Waals surface area contributed by atoms with Crippen molar-refractivity contribution in [3.63, 3.8) is 0 Å². The molecule has 0 spiro atoms. The van der Waals surface area contributed by atoms with Gasteiger partial charge in [-0.3, -0.25) is 9.48 Å².